The Morgan fingerprint density at radius 2 is 1.75 bits per heavy atom. The predicted molar refractivity (Wildman–Crippen MR) is 87.2 cm³/mol. The predicted octanol–water partition coefficient (Wildman–Crippen LogP) is 5.51. The molecule has 0 amide bonds. The highest BCUT2D eigenvalue weighted by molar-refractivity contribution is 7.99. The smallest absolute Gasteiger partial charge is 0.122 e. The molecule has 0 aromatic heterocycles. The lowest BCUT2D eigenvalue weighted by molar-refractivity contribution is 0.242. The normalized spacial score (nSPS) is 10.8. The molecule has 2 nitrogen and oxygen atoms in total. The summed E-state index contributed by atoms with van der Waals surface area (Å²) in [7, 11) is 0. The van der Waals surface area contributed by atoms with E-state index in [0.717, 1.165) is 15.5 Å². The first-order valence-corrected chi connectivity index (χ1v) is 7.71. The van der Waals surface area contributed by atoms with E-state index >= 15 is 0 Å². The van der Waals surface area contributed by atoms with Crippen LogP contribution in [0.1, 0.15) is 13.8 Å². The number of ether oxygens (including phenoxy) is 1. The summed E-state index contributed by atoms with van der Waals surface area (Å²) in [6.45, 7) is 3.96. The van der Waals surface area contributed by atoms with Gasteiger partial charge in [-0.3, -0.25) is 0 Å². The van der Waals surface area contributed by atoms with Crippen LogP contribution in [0.2, 0.25) is 10.0 Å². The highest BCUT2D eigenvalue weighted by atomic mass is 35.5. The molecule has 2 aromatic rings. The average molecular weight is 328 g/mol. The van der Waals surface area contributed by atoms with E-state index in [4.69, 9.17) is 33.7 Å². The molecule has 0 aliphatic rings. The zero-order valence-electron chi connectivity index (χ0n) is 11.2. The van der Waals surface area contributed by atoms with Crippen LogP contribution < -0.4 is 10.5 Å². The van der Waals surface area contributed by atoms with Crippen molar-refractivity contribution >= 4 is 40.7 Å². The minimum absolute atomic E-state index is 0.111. The van der Waals surface area contributed by atoms with Crippen LogP contribution in [0.25, 0.3) is 0 Å². The third-order valence-corrected chi connectivity index (χ3v) is 4.10. The van der Waals surface area contributed by atoms with Gasteiger partial charge in [-0.1, -0.05) is 35.0 Å². The van der Waals surface area contributed by atoms with Crippen molar-refractivity contribution in [2.75, 3.05) is 5.73 Å². The molecule has 0 unspecified atom stereocenters. The highest BCUT2D eigenvalue weighted by Crippen LogP contribution is 2.35. The van der Waals surface area contributed by atoms with Crippen LogP contribution in [-0.2, 0) is 0 Å². The SMILES string of the molecule is CC(C)Oc1cc(N)cc(Sc2ccc(Cl)c(Cl)c2)c1. The number of nitrogen functional groups attached to an aromatic ring is 1. The first-order valence-electron chi connectivity index (χ1n) is 6.14. The Hall–Kier alpha value is -1.03. The first kappa shape index (κ1) is 15.4. The maximum atomic E-state index is 6.02. The van der Waals surface area contributed by atoms with Crippen LogP contribution in [0.4, 0.5) is 5.69 Å². The number of benzene rings is 2. The largest absolute Gasteiger partial charge is 0.491 e. The summed E-state index contributed by atoms with van der Waals surface area (Å²) in [6.07, 6.45) is 0.111. The Kier molecular flexibility index (Phi) is 5.08. The molecule has 0 saturated heterocycles. The maximum absolute atomic E-state index is 6.02. The third-order valence-electron chi connectivity index (χ3n) is 2.40. The van der Waals surface area contributed by atoms with E-state index in [1.807, 2.05) is 44.2 Å². The van der Waals surface area contributed by atoms with E-state index in [1.165, 1.54) is 0 Å². The molecule has 106 valence electrons. The average Bonchev–Trinajstić information content (AvgIpc) is 2.32. The summed E-state index contributed by atoms with van der Waals surface area (Å²) in [5.41, 5.74) is 6.57. The molecule has 0 heterocycles. The van der Waals surface area contributed by atoms with Crippen LogP contribution >= 0.6 is 35.0 Å². The van der Waals surface area contributed by atoms with Crippen molar-refractivity contribution in [2.45, 2.75) is 29.7 Å². The Morgan fingerprint density at radius 3 is 2.40 bits per heavy atom. The van der Waals surface area contributed by atoms with Gasteiger partial charge in [0.1, 0.15) is 5.75 Å². The number of nitrogens with two attached hydrogens (primary N) is 1. The fraction of sp³-hybridized carbons (Fsp3) is 0.200. The summed E-state index contributed by atoms with van der Waals surface area (Å²) in [5.74, 6) is 0.766. The Balaban J connectivity index is 2.24. The minimum Gasteiger partial charge on any atom is -0.491 e. The summed E-state index contributed by atoms with van der Waals surface area (Å²) in [5, 5.41) is 1.09. The van der Waals surface area contributed by atoms with Crippen molar-refractivity contribution in [1.82, 2.24) is 0 Å². The van der Waals surface area contributed by atoms with Gasteiger partial charge in [0, 0.05) is 21.5 Å². The van der Waals surface area contributed by atoms with Gasteiger partial charge in [0.25, 0.3) is 0 Å². The minimum atomic E-state index is 0.111. The van der Waals surface area contributed by atoms with Crippen molar-refractivity contribution < 1.29 is 4.74 Å². The molecular formula is C15H15Cl2NOS. The van der Waals surface area contributed by atoms with Crippen molar-refractivity contribution in [2.24, 2.45) is 0 Å². The van der Waals surface area contributed by atoms with Gasteiger partial charge in [0.15, 0.2) is 0 Å². The Morgan fingerprint density at radius 1 is 1.00 bits per heavy atom. The van der Waals surface area contributed by atoms with Gasteiger partial charge in [-0.2, -0.15) is 0 Å². The van der Waals surface area contributed by atoms with E-state index in [0.29, 0.717) is 15.7 Å². The quantitative estimate of drug-likeness (QED) is 0.751. The zero-order chi connectivity index (χ0) is 14.7. The Bertz CT molecular complexity index is 617. The second-order valence-electron chi connectivity index (χ2n) is 4.58. The van der Waals surface area contributed by atoms with Gasteiger partial charge in [-0.25, -0.2) is 0 Å². The van der Waals surface area contributed by atoms with Crippen molar-refractivity contribution in [3.05, 3.63) is 46.4 Å². The van der Waals surface area contributed by atoms with Gasteiger partial charge in [0.2, 0.25) is 0 Å². The molecule has 20 heavy (non-hydrogen) atoms. The second kappa shape index (κ2) is 6.61. The van der Waals surface area contributed by atoms with Crippen LogP contribution in [-0.4, -0.2) is 6.10 Å². The second-order valence-corrected chi connectivity index (χ2v) is 6.54. The van der Waals surface area contributed by atoms with Crippen molar-refractivity contribution in [3.8, 4) is 5.75 Å². The molecule has 0 radical (unpaired) electrons. The summed E-state index contributed by atoms with van der Waals surface area (Å²) < 4.78 is 5.68. The van der Waals surface area contributed by atoms with Gasteiger partial charge < -0.3 is 10.5 Å². The fourth-order valence-corrected chi connectivity index (χ4v) is 2.99. The first-order chi connectivity index (χ1) is 9.44. The lowest BCUT2D eigenvalue weighted by Crippen LogP contribution is -2.05. The van der Waals surface area contributed by atoms with Gasteiger partial charge >= 0.3 is 0 Å². The molecule has 0 bridgehead atoms. The van der Waals surface area contributed by atoms with E-state index in [9.17, 15) is 0 Å². The van der Waals surface area contributed by atoms with E-state index in [1.54, 1.807) is 17.8 Å². The van der Waals surface area contributed by atoms with Crippen LogP contribution in [0.15, 0.2) is 46.2 Å². The molecular weight excluding hydrogens is 313 g/mol. The third kappa shape index (κ3) is 4.23. The van der Waals surface area contributed by atoms with Gasteiger partial charge in [-0.15, -0.1) is 0 Å². The topological polar surface area (TPSA) is 35.2 Å². The number of hydrogen-bond donors (Lipinski definition) is 1. The molecule has 2 N–H and O–H groups in total. The number of halogens is 2. The molecule has 5 heteroatoms. The number of rotatable bonds is 4. The molecule has 0 atom stereocenters. The van der Waals surface area contributed by atoms with Gasteiger partial charge in [-0.05, 0) is 44.2 Å². The lowest BCUT2D eigenvalue weighted by atomic mass is 10.3. The molecule has 0 fully saturated rings. The van der Waals surface area contributed by atoms with Crippen LogP contribution in [0, 0.1) is 0 Å². The summed E-state index contributed by atoms with van der Waals surface area (Å²) >= 11 is 13.5. The van der Waals surface area contributed by atoms with E-state index in [2.05, 4.69) is 0 Å². The summed E-state index contributed by atoms with van der Waals surface area (Å²) in [6, 6.07) is 11.2. The van der Waals surface area contributed by atoms with Crippen LogP contribution in [0.5, 0.6) is 5.75 Å². The van der Waals surface area contributed by atoms with E-state index in [-0.39, 0.29) is 6.10 Å². The molecule has 0 saturated carbocycles. The van der Waals surface area contributed by atoms with Crippen molar-refractivity contribution in [1.29, 1.82) is 0 Å². The standard InChI is InChI=1S/C15H15Cl2NOS/c1-9(2)19-11-5-10(18)6-13(7-11)20-12-3-4-14(16)15(17)8-12/h3-9H,18H2,1-2H3. The maximum Gasteiger partial charge on any atom is 0.122 e. The van der Waals surface area contributed by atoms with E-state index < -0.39 is 0 Å². The van der Waals surface area contributed by atoms with Crippen LogP contribution in [0.3, 0.4) is 0 Å². The highest BCUT2D eigenvalue weighted by Gasteiger charge is 2.06. The Labute approximate surface area is 133 Å². The molecule has 2 aromatic carbocycles. The fourth-order valence-electron chi connectivity index (χ4n) is 1.67. The zero-order valence-corrected chi connectivity index (χ0v) is 13.5. The van der Waals surface area contributed by atoms with Gasteiger partial charge in [0.05, 0.1) is 16.1 Å². The van der Waals surface area contributed by atoms with Crippen molar-refractivity contribution in [3.63, 3.8) is 0 Å². The number of anilines is 1. The monoisotopic (exact) mass is 327 g/mol. The lowest BCUT2D eigenvalue weighted by Gasteiger charge is -2.12. The molecule has 0 aliphatic carbocycles. The summed E-state index contributed by atoms with van der Waals surface area (Å²) in [4.78, 5) is 2.00. The molecule has 0 aliphatic heterocycles. The molecule has 2 rings (SSSR count). The number of hydrogen-bond acceptors (Lipinski definition) is 3. The molecule has 0 spiro atoms.